The number of halogens is 2. The Bertz CT molecular complexity index is 234. The topological polar surface area (TPSA) is 3.24 Å². The van der Waals surface area contributed by atoms with E-state index >= 15 is 0 Å². The lowest BCUT2D eigenvalue weighted by Crippen LogP contribution is -2.07. The van der Waals surface area contributed by atoms with Gasteiger partial charge < -0.3 is 4.90 Å². The lowest BCUT2D eigenvalue weighted by Gasteiger charge is -2.08. The van der Waals surface area contributed by atoms with Crippen LogP contribution in [0.1, 0.15) is 0 Å². The number of rotatable bonds is 1. The van der Waals surface area contributed by atoms with Crippen LogP contribution in [0.5, 0.6) is 0 Å². The molecule has 0 saturated carbocycles. The van der Waals surface area contributed by atoms with E-state index < -0.39 is 0 Å². The average Bonchev–Trinajstić information content (AvgIpc) is 2.10. The van der Waals surface area contributed by atoms with Gasteiger partial charge in [0, 0.05) is 14.1 Å². The molecule has 0 saturated heterocycles. The van der Waals surface area contributed by atoms with Crippen molar-refractivity contribution < 1.29 is 0 Å². The second kappa shape index (κ2) is 3.28. The van der Waals surface area contributed by atoms with E-state index in [1.165, 1.54) is 2.88 Å². The highest BCUT2D eigenvalue weighted by Gasteiger charge is 2.05. The van der Waals surface area contributed by atoms with E-state index in [1.807, 2.05) is 19.0 Å². The monoisotopic (exact) mass is 287 g/mol. The van der Waals surface area contributed by atoms with Gasteiger partial charge in [0.1, 0.15) is 4.34 Å². The van der Waals surface area contributed by atoms with Gasteiger partial charge in [-0.1, -0.05) is 11.6 Å². The first-order chi connectivity index (χ1) is 4.61. The first-order valence-electron chi connectivity index (χ1n) is 2.73. The summed E-state index contributed by atoms with van der Waals surface area (Å²) in [4.78, 5) is 2.01. The molecule has 1 aromatic heterocycles. The van der Waals surface area contributed by atoms with Crippen molar-refractivity contribution in [1.82, 2.24) is 0 Å². The number of nitrogens with zero attached hydrogens (tertiary/aromatic N) is 1. The van der Waals surface area contributed by atoms with Crippen LogP contribution < -0.4 is 4.90 Å². The van der Waals surface area contributed by atoms with Crippen LogP contribution in [0.3, 0.4) is 0 Å². The van der Waals surface area contributed by atoms with Crippen LogP contribution in [0.25, 0.3) is 0 Å². The molecular formula is C6H7ClINS. The van der Waals surface area contributed by atoms with Gasteiger partial charge in [-0.15, -0.1) is 11.3 Å². The molecule has 1 heterocycles. The molecule has 4 heteroatoms. The largest absolute Gasteiger partial charge is 0.376 e. The fourth-order valence-electron chi connectivity index (χ4n) is 0.636. The summed E-state index contributed by atoms with van der Waals surface area (Å²) in [5, 5.41) is 0. The summed E-state index contributed by atoms with van der Waals surface area (Å²) in [7, 11) is 3.98. The first kappa shape index (κ1) is 8.62. The maximum absolute atomic E-state index is 5.91. The van der Waals surface area contributed by atoms with Gasteiger partial charge in [0.05, 0.1) is 8.57 Å². The molecule has 0 spiro atoms. The second-order valence-electron chi connectivity index (χ2n) is 2.10. The molecule has 1 aromatic rings. The predicted octanol–water partition coefficient (Wildman–Crippen LogP) is 3.07. The number of anilines is 1. The van der Waals surface area contributed by atoms with Crippen molar-refractivity contribution in [1.29, 1.82) is 0 Å². The average molecular weight is 288 g/mol. The molecule has 0 aliphatic rings. The lowest BCUT2D eigenvalue weighted by atomic mass is 10.5. The Hall–Kier alpha value is 0.520. The van der Waals surface area contributed by atoms with Gasteiger partial charge in [-0.3, -0.25) is 0 Å². The molecular weight excluding hydrogens is 280 g/mol. The summed E-state index contributed by atoms with van der Waals surface area (Å²) in [6.45, 7) is 0. The predicted molar refractivity (Wildman–Crippen MR) is 56.4 cm³/mol. The number of hydrogen-bond donors (Lipinski definition) is 0. The molecule has 0 N–H and O–H groups in total. The van der Waals surface area contributed by atoms with Gasteiger partial charge in [-0.25, -0.2) is 0 Å². The molecule has 0 bridgehead atoms. The van der Waals surface area contributed by atoms with Crippen molar-refractivity contribution >= 4 is 51.2 Å². The minimum Gasteiger partial charge on any atom is -0.376 e. The van der Waals surface area contributed by atoms with Crippen molar-refractivity contribution in [3.63, 3.8) is 0 Å². The van der Waals surface area contributed by atoms with Crippen molar-refractivity contribution in [2.45, 2.75) is 0 Å². The van der Waals surface area contributed by atoms with Gasteiger partial charge >= 0.3 is 0 Å². The van der Waals surface area contributed by atoms with Crippen LogP contribution >= 0.6 is 45.5 Å². The van der Waals surface area contributed by atoms with E-state index in [9.17, 15) is 0 Å². The Morgan fingerprint density at radius 2 is 2.20 bits per heavy atom. The van der Waals surface area contributed by atoms with Gasteiger partial charge in [-0.05, 0) is 28.7 Å². The van der Waals surface area contributed by atoms with E-state index in [1.54, 1.807) is 11.3 Å². The van der Waals surface area contributed by atoms with Gasteiger partial charge in [0.2, 0.25) is 0 Å². The van der Waals surface area contributed by atoms with Gasteiger partial charge in [-0.2, -0.15) is 0 Å². The van der Waals surface area contributed by atoms with E-state index in [0.717, 1.165) is 10.0 Å². The molecule has 0 aliphatic carbocycles. The highest BCUT2D eigenvalue weighted by Crippen LogP contribution is 2.34. The Morgan fingerprint density at radius 3 is 2.40 bits per heavy atom. The molecule has 0 atom stereocenters. The summed E-state index contributed by atoms with van der Waals surface area (Å²) < 4.78 is 2.10. The van der Waals surface area contributed by atoms with E-state index in [4.69, 9.17) is 11.6 Å². The van der Waals surface area contributed by atoms with Gasteiger partial charge in [0.25, 0.3) is 0 Å². The fourth-order valence-corrected chi connectivity index (χ4v) is 3.14. The van der Waals surface area contributed by atoms with Crippen LogP contribution in [-0.4, -0.2) is 14.1 Å². The Balaban J connectivity index is 3.03. The molecule has 0 unspecified atom stereocenters. The Morgan fingerprint density at radius 1 is 1.60 bits per heavy atom. The maximum atomic E-state index is 5.91. The van der Waals surface area contributed by atoms with Crippen LogP contribution in [0.2, 0.25) is 4.34 Å². The minimum absolute atomic E-state index is 0.870. The Labute approximate surface area is 83.1 Å². The number of hydrogen-bond acceptors (Lipinski definition) is 2. The van der Waals surface area contributed by atoms with Crippen molar-refractivity contribution in [3.05, 3.63) is 13.3 Å². The molecule has 0 fully saturated rings. The van der Waals surface area contributed by atoms with Crippen LogP contribution in [-0.2, 0) is 0 Å². The highest BCUT2D eigenvalue weighted by molar-refractivity contribution is 14.1. The smallest absolute Gasteiger partial charge is 0.117 e. The molecule has 1 rings (SSSR count). The lowest BCUT2D eigenvalue weighted by molar-refractivity contribution is 1.14. The standard InChI is InChI=1S/C6H7ClINS/c1-9(2)4-3-5(8)10-6(4)7/h3H,1-2H3. The summed E-state index contributed by atoms with van der Waals surface area (Å²) in [6, 6.07) is 2.08. The SMILES string of the molecule is CN(C)c1cc(I)sc1Cl. The zero-order chi connectivity index (χ0) is 7.72. The van der Waals surface area contributed by atoms with Gasteiger partial charge in [0.15, 0.2) is 0 Å². The molecule has 56 valence electrons. The normalized spacial score (nSPS) is 10.0. The van der Waals surface area contributed by atoms with E-state index in [2.05, 4.69) is 28.7 Å². The Kier molecular flexibility index (Phi) is 2.82. The zero-order valence-electron chi connectivity index (χ0n) is 5.69. The maximum Gasteiger partial charge on any atom is 0.117 e. The molecule has 0 amide bonds. The molecule has 0 aliphatic heterocycles. The van der Waals surface area contributed by atoms with Crippen molar-refractivity contribution in [3.8, 4) is 0 Å². The third-order valence-corrected chi connectivity index (χ3v) is 3.22. The van der Waals surface area contributed by atoms with E-state index in [-0.39, 0.29) is 0 Å². The third-order valence-electron chi connectivity index (χ3n) is 1.12. The third kappa shape index (κ3) is 1.77. The van der Waals surface area contributed by atoms with Crippen LogP contribution in [0, 0.1) is 2.88 Å². The summed E-state index contributed by atoms with van der Waals surface area (Å²) in [6.07, 6.45) is 0. The van der Waals surface area contributed by atoms with Crippen LogP contribution in [0.15, 0.2) is 6.07 Å². The quantitative estimate of drug-likeness (QED) is 0.718. The molecule has 0 aromatic carbocycles. The highest BCUT2D eigenvalue weighted by atomic mass is 127. The fraction of sp³-hybridized carbons (Fsp3) is 0.333. The summed E-state index contributed by atoms with van der Waals surface area (Å²) >= 11 is 9.79. The summed E-state index contributed by atoms with van der Waals surface area (Å²) in [5.74, 6) is 0. The van der Waals surface area contributed by atoms with Crippen molar-refractivity contribution in [2.24, 2.45) is 0 Å². The zero-order valence-corrected chi connectivity index (χ0v) is 9.42. The molecule has 10 heavy (non-hydrogen) atoms. The molecule has 0 radical (unpaired) electrons. The minimum atomic E-state index is 0.870. The molecule has 1 nitrogen and oxygen atoms in total. The number of thiophene rings is 1. The van der Waals surface area contributed by atoms with E-state index in [0.29, 0.717) is 0 Å². The van der Waals surface area contributed by atoms with Crippen molar-refractivity contribution in [2.75, 3.05) is 19.0 Å². The summed E-state index contributed by atoms with van der Waals surface area (Å²) in [5.41, 5.74) is 1.11. The van der Waals surface area contributed by atoms with Crippen LogP contribution in [0.4, 0.5) is 5.69 Å². The second-order valence-corrected chi connectivity index (χ2v) is 5.65. The first-order valence-corrected chi connectivity index (χ1v) is 5.00.